The van der Waals surface area contributed by atoms with Crippen molar-refractivity contribution in [3.8, 4) is 11.4 Å². The number of ether oxygens (including phenoxy) is 3. The van der Waals surface area contributed by atoms with Gasteiger partial charge in [0, 0.05) is 44.6 Å². The molecule has 0 aliphatic rings. The maximum absolute atomic E-state index is 13.8. The van der Waals surface area contributed by atoms with Crippen LogP contribution in [0.15, 0.2) is 65.9 Å². The van der Waals surface area contributed by atoms with Crippen molar-refractivity contribution in [1.29, 1.82) is 0 Å². The van der Waals surface area contributed by atoms with E-state index in [4.69, 9.17) is 31.4 Å². The molecule has 0 radical (unpaired) electrons. The predicted octanol–water partition coefficient (Wildman–Crippen LogP) is -2.19. The van der Waals surface area contributed by atoms with E-state index in [1.807, 2.05) is 26.0 Å². The van der Waals surface area contributed by atoms with E-state index < -0.39 is 97.5 Å². The number of carboxylic acids is 1. The van der Waals surface area contributed by atoms with Crippen molar-refractivity contribution in [3.63, 3.8) is 0 Å². The van der Waals surface area contributed by atoms with Gasteiger partial charge in [0.2, 0.25) is 53.1 Å². The number of carbonyl (C=O) groups is 10. The van der Waals surface area contributed by atoms with Crippen LogP contribution in [0.4, 0.5) is 4.79 Å². The van der Waals surface area contributed by atoms with Gasteiger partial charge in [-0.3, -0.25) is 43.3 Å². The standard InChI is InChI=1S/C57H87N17O15/c1-37(2)30-44(70-52(81)41(14-6-8-23-58)69-54(83)45(33-75)71-53(82)42(16-11-25-63-56(59)60)72-57(86)89-34-39-12-4-3-5-13-39)51(80)65-32-48(78)62-26-27-87-28-29-88-35-49(79)68-43(55(84)85)15-7-9-24-61-46(76)17-10-18-47(77)64-31-38-19-21-40(22-20-38)50-73-66-36-67-74-50/h3-5,12-13,19-22,36-37,41-45,75H,6-11,14-18,23-35,58H2,1-2H3,(H,61,76)(H,62,78)(H,64,77)(H,65,80)(H,68,79)(H,69,83)(H,70,81)(H,71,82)(H,72,86)(H,84,85)(H4,59,60,63)/t41-,42-,43-,44-,45-/m0/s1. The maximum atomic E-state index is 13.8. The van der Waals surface area contributed by atoms with Gasteiger partial charge in [-0.05, 0) is 87.8 Å². The second-order valence-corrected chi connectivity index (χ2v) is 20.7. The molecule has 490 valence electrons. The van der Waals surface area contributed by atoms with Gasteiger partial charge >= 0.3 is 12.1 Å². The number of carboxylic acid groups (broad SMARTS) is 1. The number of guanidine groups is 1. The van der Waals surface area contributed by atoms with Crippen LogP contribution in [-0.2, 0) is 70.5 Å². The quantitative estimate of drug-likeness (QED) is 0.0162. The first-order valence-corrected chi connectivity index (χ1v) is 29.4. The van der Waals surface area contributed by atoms with Gasteiger partial charge in [-0.25, -0.2) is 9.59 Å². The number of unbranched alkanes of at least 4 members (excludes halogenated alkanes) is 2. The highest BCUT2D eigenvalue weighted by Gasteiger charge is 2.32. The number of aliphatic carboxylic acids is 1. The van der Waals surface area contributed by atoms with Crippen LogP contribution in [-0.4, -0.2) is 192 Å². The van der Waals surface area contributed by atoms with E-state index in [0.717, 1.165) is 11.1 Å². The van der Waals surface area contributed by atoms with Crippen LogP contribution in [0.3, 0.4) is 0 Å². The van der Waals surface area contributed by atoms with Crippen LogP contribution in [0.2, 0.25) is 0 Å². The van der Waals surface area contributed by atoms with E-state index in [1.165, 1.54) is 6.33 Å². The molecule has 0 spiro atoms. The normalized spacial score (nSPS) is 12.6. The fourth-order valence-corrected chi connectivity index (χ4v) is 8.23. The number of benzene rings is 2. The fourth-order valence-electron chi connectivity index (χ4n) is 8.23. The molecule has 0 saturated carbocycles. The number of aliphatic hydroxyl groups excluding tert-OH is 1. The van der Waals surface area contributed by atoms with Gasteiger partial charge in [0.15, 0.2) is 12.3 Å². The first-order valence-electron chi connectivity index (χ1n) is 29.4. The molecule has 3 rings (SSSR count). The highest BCUT2D eigenvalue weighted by molar-refractivity contribution is 5.96. The molecule has 5 atom stereocenters. The highest BCUT2D eigenvalue weighted by atomic mass is 16.5. The molecule has 2 aromatic carbocycles. The summed E-state index contributed by atoms with van der Waals surface area (Å²) in [5.41, 5.74) is 18.8. The van der Waals surface area contributed by atoms with E-state index in [-0.39, 0.29) is 121 Å². The summed E-state index contributed by atoms with van der Waals surface area (Å²) in [7, 11) is 0. The van der Waals surface area contributed by atoms with E-state index in [1.54, 1.807) is 42.5 Å². The Hall–Kier alpha value is -9.01. The minimum absolute atomic E-state index is 0.000494. The summed E-state index contributed by atoms with van der Waals surface area (Å²) in [5, 5.41) is 58.3. The molecule has 32 nitrogen and oxygen atoms in total. The van der Waals surface area contributed by atoms with Crippen LogP contribution in [0.5, 0.6) is 0 Å². The molecule has 89 heavy (non-hydrogen) atoms. The third kappa shape index (κ3) is 33.1. The van der Waals surface area contributed by atoms with Gasteiger partial charge in [0.05, 0.1) is 33.0 Å². The number of rotatable bonds is 45. The Balaban J connectivity index is 1.33. The van der Waals surface area contributed by atoms with Crippen molar-refractivity contribution in [2.45, 2.75) is 134 Å². The molecule has 0 aliphatic heterocycles. The lowest BCUT2D eigenvalue weighted by atomic mass is 10.0. The average molecular weight is 1250 g/mol. The van der Waals surface area contributed by atoms with Gasteiger partial charge in [-0.15, -0.1) is 20.4 Å². The SMILES string of the molecule is CC(C)C[C@H](NC(=O)[C@H](CCCCN)NC(=O)[C@H](CO)NC(=O)[C@H](CCCN=C(N)N)NC(=O)OCc1ccccc1)C(=O)NCC(=O)NCCOCCOCC(=O)N[C@@H](CCCCNC(=O)CCCC(=O)NCc1ccc(-c2nncnn2)cc1)C(=O)O. The Bertz CT molecular complexity index is 2690. The number of hydrogen-bond donors (Lipinski definition) is 14. The Morgan fingerprint density at radius 3 is 1.85 bits per heavy atom. The van der Waals surface area contributed by atoms with Crippen molar-refractivity contribution in [2.75, 3.05) is 65.8 Å². The molecule has 0 bridgehead atoms. The third-order valence-corrected chi connectivity index (χ3v) is 12.9. The zero-order valence-electron chi connectivity index (χ0n) is 50.4. The number of aromatic nitrogens is 4. The maximum Gasteiger partial charge on any atom is 0.408 e. The van der Waals surface area contributed by atoms with Gasteiger partial charge in [0.1, 0.15) is 43.4 Å². The molecule has 9 amide bonds. The lowest BCUT2D eigenvalue weighted by Gasteiger charge is -2.26. The Kier molecular flexibility index (Phi) is 36.4. The summed E-state index contributed by atoms with van der Waals surface area (Å²) in [6, 6.07) is 9.58. The first-order chi connectivity index (χ1) is 42.8. The second kappa shape index (κ2) is 43.6. The van der Waals surface area contributed by atoms with Gasteiger partial charge in [0.25, 0.3) is 0 Å². The number of aliphatic hydroxyl groups is 1. The number of carbonyl (C=O) groups excluding carboxylic acids is 9. The Morgan fingerprint density at radius 1 is 0.584 bits per heavy atom. The van der Waals surface area contributed by atoms with Crippen LogP contribution in [0, 0.1) is 5.92 Å². The van der Waals surface area contributed by atoms with Crippen molar-refractivity contribution < 1.29 is 72.4 Å². The number of nitrogens with two attached hydrogens (primary N) is 3. The predicted molar refractivity (Wildman–Crippen MR) is 322 cm³/mol. The lowest BCUT2D eigenvalue weighted by molar-refractivity contribution is -0.143. The first kappa shape index (κ1) is 74.2. The van der Waals surface area contributed by atoms with Gasteiger partial charge in [-0.2, -0.15) is 0 Å². The van der Waals surface area contributed by atoms with E-state index in [2.05, 4.69) is 73.2 Å². The molecular formula is C57H87N17O15. The van der Waals surface area contributed by atoms with Crippen LogP contribution < -0.4 is 65.1 Å². The van der Waals surface area contributed by atoms with E-state index >= 15 is 0 Å². The molecule has 1 heterocycles. The number of alkyl carbamates (subject to hydrolysis) is 1. The van der Waals surface area contributed by atoms with Gasteiger partial charge < -0.3 is 89.5 Å². The van der Waals surface area contributed by atoms with Crippen molar-refractivity contribution >= 4 is 65.3 Å². The Morgan fingerprint density at radius 2 is 1.19 bits per heavy atom. The molecule has 1 aromatic heterocycles. The number of nitrogens with zero attached hydrogens (tertiary/aromatic N) is 5. The number of aliphatic imine (C=N–C) groups is 1. The fraction of sp³-hybridized carbons (Fsp3) is 0.561. The zero-order valence-corrected chi connectivity index (χ0v) is 50.4. The summed E-state index contributed by atoms with van der Waals surface area (Å²) >= 11 is 0. The number of hydrogen-bond acceptors (Lipinski definition) is 20. The third-order valence-electron chi connectivity index (χ3n) is 12.9. The molecular weight excluding hydrogens is 1160 g/mol. The van der Waals surface area contributed by atoms with Crippen LogP contribution in [0.1, 0.15) is 102 Å². The largest absolute Gasteiger partial charge is 0.480 e. The molecule has 0 aliphatic carbocycles. The summed E-state index contributed by atoms with van der Waals surface area (Å²) in [5.74, 6) is -6.10. The molecule has 32 heteroatoms. The smallest absolute Gasteiger partial charge is 0.408 e. The highest BCUT2D eigenvalue weighted by Crippen LogP contribution is 2.14. The van der Waals surface area contributed by atoms with Gasteiger partial charge in [-0.1, -0.05) is 68.4 Å². The minimum Gasteiger partial charge on any atom is -0.480 e. The van der Waals surface area contributed by atoms with Crippen molar-refractivity contribution in [3.05, 3.63) is 72.1 Å². The second-order valence-electron chi connectivity index (χ2n) is 20.7. The molecule has 0 fully saturated rings. The van der Waals surface area contributed by atoms with E-state index in [0.29, 0.717) is 50.0 Å². The lowest BCUT2D eigenvalue weighted by Crippen LogP contribution is -2.59. The summed E-state index contributed by atoms with van der Waals surface area (Å²) in [6.45, 7) is 2.73. The zero-order chi connectivity index (χ0) is 65.2. The van der Waals surface area contributed by atoms with Crippen molar-refractivity contribution in [2.24, 2.45) is 28.1 Å². The Labute approximate surface area is 515 Å². The topological polar surface area (TPSA) is 489 Å². The molecule has 0 unspecified atom stereocenters. The summed E-state index contributed by atoms with van der Waals surface area (Å²) < 4.78 is 16.0. The molecule has 0 saturated heterocycles. The minimum atomic E-state index is -1.59. The summed E-state index contributed by atoms with van der Waals surface area (Å²) in [4.78, 5) is 133. The summed E-state index contributed by atoms with van der Waals surface area (Å²) in [6.07, 6.45) is 3.12. The van der Waals surface area contributed by atoms with Crippen molar-refractivity contribution in [1.82, 2.24) is 68.2 Å². The van der Waals surface area contributed by atoms with E-state index in [9.17, 15) is 58.2 Å². The van der Waals surface area contributed by atoms with Crippen LogP contribution in [0.25, 0.3) is 11.4 Å². The van der Waals surface area contributed by atoms with Crippen LogP contribution >= 0.6 is 0 Å². The average Bonchev–Trinajstić information content (AvgIpc) is 3.72. The number of amides is 9. The molecule has 3 aromatic rings. The monoisotopic (exact) mass is 1250 g/mol. The number of nitrogens with one attached hydrogen (secondary N) is 9. The molecule has 17 N–H and O–H groups in total.